The lowest BCUT2D eigenvalue weighted by Gasteiger charge is -2.26. The SMILES string of the molecule is COc1ccc(-c2ccc(NC(=O)Nc3ccc(C)cc3)cc2)c2c(C)noc12.COc1ccc(-c2ccc(NC(=O)Nc3cccc(Br)c3)cc2)c2c(C)noc12.Cc1cc(NC(=O)Nc2ccc(-c3cccc4n[nH]c(C)c34)cc2)ccc1F.Cc1cccc(NC(=O)Nc2ccc(-c3ccc(OCCCN4CCOCC4)c4n[nH]c(C)c34)cc2)c1.O=C(O)C(F)(F)F. The zero-order chi connectivity index (χ0) is 92.1. The summed E-state index contributed by atoms with van der Waals surface area (Å²) >= 11 is 3.39. The van der Waals surface area contributed by atoms with E-state index >= 15 is 0 Å². The molecule has 0 saturated carbocycles. The van der Waals surface area contributed by atoms with Gasteiger partial charge in [-0.3, -0.25) is 15.1 Å². The number of amides is 8. The Kier molecular flexibility index (Phi) is 30.3. The molecule has 1 aliphatic heterocycles. The number of alkyl halides is 3. The number of methoxy groups -OCH3 is 2. The fourth-order valence-corrected chi connectivity index (χ4v) is 14.7. The van der Waals surface area contributed by atoms with Gasteiger partial charge in [-0.15, -0.1) is 0 Å². The summed E-state index contributed by atoms with van der Waals surface area (Å²) in [4.78, 5) is 60.4. The van der Waals surface area contributed by atoms with E-state index in [-0.39, 0.29) is 29.9 Å². The number of aromatic amines is 2. The van der Waals surface area contributed by atoms with Gasteiger partial charge in [-0.1, -0.05) is 123 Å². The summed E-state index contributed by atoms with van der Waals surface area (Å²) in [5.41, 5.74) is 23.0. The molecule has 1 aliphatic rings. The summed E-state index contributed by atoms with van der Waals surface area (Å²) in [6.45, 7) is 18.7. The van der Waals surface area contributed by atoms with Crippen molar-refractivity contribution in [3.05, 3.63) is 292 Å². The van der Waals surface area contributed by atoms with Gasteiger partial charge in [-0.25, -0.2) is 28.4 Å². The van der Waals surface area contributed by atoms with Gasteiger partial charge < -0.3 is 75.6 Å². The molecule has 32 heteroatoms. The number of urea groups is 4. The number of hydrogen-bond acceptors (Lipinski definition) is 16. The Morgan fingerprint density at radius 1 is 0.446 bits per heavy atom. The highest BCUT2D eigenvalue weighted by molar-refractivity contribution is 9.10. The van der Waals surface area contributed by atoms with E-state index in [1.165, 1.54) is 12.1 Å². The Morgan fingerprint density at radius 3 is 1.28 bits per heavy atom. The number of rotatable bonds is 19. The number of carboxylic acid groups (broad SMARTS) is 1. The molecule has 5 heterocycles. The standard InChI is InChI=1S/C29H33N5O3.C23H21N3O3.C22H18BrN3O3.C22H19FN4O.C2HF3O2/c1-20-5-3-6-24(19-20)31-29(35)30-23-9-7-22(8-10-23)25-11-12-26(28-27(25)21(2)32-33-28)37-16-4-13-34-14-17-36-18-15-34;1-14-4-8-17(9-5-14)24-23(27)25-18-10-6-16(7-11-18)19-12-13-20(28-3)22-21(19)15(2)26-29-22;1-13-20-18(10-11-19(28-2)21(20)29-26-13)14-6-8-16(9-7-14)24-22(27)25-17-5-3-4-15(23)12-17;1-13-12-17(10-11-19(13)23)25-22(28)24-16-8-6-15(7-9-16)18-4-3-5-20-21(18)14(2)26-27-20;3-2(4,5)1(6)7/h3,5-12,19H,4,13-18H2,1-2H3,(H,32,33)(H2,30,31,35);4-13H,1-3H3,(H2,24,25,27);3-12H,1-2H3,(H2,24,25,27);3-12H,1-2H3,(H,26,27)(H2,24,25,28);(H,6,7). The molecule has 0 spiro atoms. The quantitative estimate of drug-likeness (QED) is 0.0265. The van der Waals surface area contributed by atoms with Crippen molar-refractivity contribution in [3.8, 4) is 61.8 Å². The summed E-state index contributed by atoms with van der Waals surface area (Å²) in [6, 6.07) is 74.4. The Bertz CT molecular complexity index is 6680. The lowest BCUT2D eigenvalue weighted by atomic mass is 9.99. The summed E-state index contributed by atoms with van der Waals surface area (Å²) < 4.78 is 79.1. The molecular weight excluding hydrogens is 1740 g/mol. The van der Waals surface area contributed by atoms with Crippen molar-refractivity contribution >= 4 is 135 Å². The highest BCUT2D eigenvalue weighted by Crippen LogP contribution is 2.41. The summed E-state index contributed by atoms with van der Waals surface area (Å²) in [5.74, 6) is -0.976. The van der Waals surface area contributed by atoms with Crippen LogP contribution in [0.1, 0.15) is 45.9 Å². The molecule has 4 aromatic heterocycles. The fourth-order valence-electron chi connectivity index (χ4n) is 14.3. The topological polar surface area (TPSA) is 351 Å². The van der Waals surface area contributed by atoms with Crippen LogP contribution in [0.5, 0.6) is 17.2 Å². The number of aryl methyl sites for hydroxylation is 7. The third-order valence-corrected chi connectivity index (χ3v) is 21.2. The molecule has 0 atom stereocenters. The van der Waals surface area contributed by atoms with Gasteiger partial charge in [0.1, 0.15) is 17.1 Å². The van der Waals surface area contributed by atoms with Gasteiger partial charge in [-0.05, 0) is 262 Å². The first-order chi connectivity index (χ1) is 62.6. The van der Waals surface area contributed by atoms with Crippen LogP contribution in [0.15, 0.2) is 256 Å². The molecule has 1 saturated heterocycles. The number of fused-ring (bicyclic) bond motifs is 4. The average Bonchev–Trinajstić information content (AvgIpc) is 1.62. The molecule has 17 rings (SSSR count). The second-order valence-corrected chi connectivity index (χ2v) is 31.0. The molecule has 666 valence electrons. The molecule has 11 N–H and O–H groups in total. The Balaban J connectivity index is 0.000000145. The monoisotopic (exact) mass is 1830 g/mol. The van der Waals surface area contributed by atoms with Crippen LogP contribution in [0.4, 0.5) is 82.2 Å². The van der Waals surface area contributed by atoms with E-state index in [0.717, 1.165) is 172 Å². The Labute approximate surface area is 752 Å². The molecule has 130 heavy (non-hydrogen) atoms. The zero-order valence-corrected chi connectivity index (χ0v) is 73.7. The van der Waals surface area contributed by atoms with E-state index in [1.54, 1.807) is 27.2 Å². The third kappa shape index (κ3) is 24.0. The smallest absolute Gasteiger partial charge is 0.490 e. The number of nitrogens with one attached hydrogen (secondary N) is 10. The van der Waals surface area contributed by atoms with E-state index in [9.17, 15) is 36.7 Å². The van der Waals surface area contributed by atoms with Crippen molar-refractivity contribution in [2.45, 2.75) is 61.1 Å². The number of ether oxygens (including phenoxy) is 4. The number of hydrogen-bond donors (Lipinski definition) is 11. The average molecular weight is 1830 g/mol. The lowest BCUT2D eigenvalue weighted by Crippen LogP contribution is -2.37. The Hall–Kier alpha value is -15.4. The maximum atomic E-state index is 13.3. The van der Waals surface area contributed by atoms with Crippen molar-refractivity contribution in [2.75, 3.05) is 96.2 Å². The van der Waals surface area contributed by atoms with Gasteiger partial charge in [-0.2, -0.15) is 23.4 Å². The number of anilines is 8. The van der Waals surface area contributed by atoms with Crippen LogP contribution in [0, 0.1) is 54.3 Å². The number of carbonyl (C=O) groups is 5. The van der Waals surface area contributed by atoms with Crippen molar-refractivity contribution in [1.29, 1.82) is 0 Å². The highest BCUT2D eigenvalue weighted by Gasteiger charge is 2.38. The molecule has 8 amide bonds. The van der Waals surface area contributed by atoms with Gasteiger partial charge in [0.25, 0.3) is 0 Å². The van der Waals surface area contributed by atoms with Gasteiger partial charge in [0.2, 0.25) is 11.2 Å². The number of aliphatic carboxylic acids is 1. The van der Waals surface area contributed by atoms with Crippen LogP contribution in [0.25, 0.3) is 88.3 Å². The molecule has 27 nitrogen and oxygen atoms in total. The predicted molar refractivity (Wildman–Crippen MR) is 503 cm³/mol. The van der Waals surface area contributed by atoms with Gasteiger partial charge >= 0.3 is 36.3 Å². The van der Waals surface area contributed by atoms with Crippen molar-refractivity contribution in [3.63, 3.8) is 0 Å². The van der Waals surface area contributed by atoms with Crippen LogP contribution >= 0.6 is 15.9 Å². The van der Waals surface area contributed by atoms with Crippen LogP contribution in [-0.2, 0) is 9.53 Å². The zero-order valence-electron chi connectivity index (χ0n) is 72.1. The first-order valence-corrected chi connectivity index (χ1v) is 41.8. The van der Waals surface area contributed by atoms with E-state index in [1.807, 2.05) is 254 Å². The number of morpholine rings is 1. The lowest BCUT2D eigenvalue weighted by molar-refractivity contribution is -0.192. The molecule has 12 aromatic carbocycles. The van der Waals surface area contributed by atoms with E-state index in [2.05, 4.69) is 106 Å². The number of nitrogens with zero attached hydrogens (tertiary/aromatic N) is 5. The van der Waals surface area contributed by atoms with Crippen molar-refractivity contribution in [2.24, 2.45) is 0 Å². The van der Waals surface area contributed by atoms with Gasteiger partial charge in [0, 0.05) is 91.8 Å². The third-order valence-electron chi connectivity index (χ3n) is 20.7. The number of carboxylic acids is 1. The molecule has 0 radical (unpaired) electrons. The molecule has 1 fully saturated rings. The maximum absolute atomic E-state index is 13.3. The van der Waals surface area contributed by atoms with Crippen LogP contribution < -0.4 is 56.7 Å². The maximum Gasteiger partial charge on any atom is 0.490 e. The fraction of sp³-hybridized carbons (Fsp3) is 0.173. The number of carbonyl (C=O) groups excluding carboxylic acids is 4. The Morgan fingerprint density at radius 2 is 0.838 bits per heavy atom. The van der Waals surface area contributed by atoms with E-state index in [4.69, 9.17) is 37.9 Å². The molecule has 0 unspecified atom stereocenters. The number of halogens is 5. The van der Waals surface area contributed by atoms with Gasteiger partial charge in [0.15, 0.2) is 11.5 Å². The van der Waals surface area contributed by atoms with Gasteiger partial charge in [0.05, 0.1) is 61.7 Å². The normalized spacial score (nSPS) is 11.7. The van der Waals surface area contributed by atoms with Crippen LogP contribution in [-0.4, -0.2) is 131 Å². The predicted octanol–water partition coefficient (Wildman–Crippen LogP) is 23.8. The number of benzene rings is 12. The number of H-pyrrole nitrogens is 2. The summed E-state index contributed by atoms with van der Waals surface area (Å²) in [6.07, 6.45) is -4.13. The highest BCUT2D eigenvalue weighted by atomic mass is 79.9. The first kappa shape index (κ1) is 92.3. The second kappa shape index (κ2) is 42.7. The largest absolute Gasteiger partial charge is 0.493 e. The van der Waals surface area contributed by atoms with E-state index < -0.39 is 12.1 Å². The van der Waals surface area contributed by atoms with Crippen LogP contribution in [0.3, 0.4) is 0 Å². The minimum Gasteiger partial charge on any atom is -0.493 e. The van der Waals surface area contributed by atoms with E-state index in [0.29, 0.717) is 69.0 Å². The minimum atomic E-state index is -5.08. The molecule has 0 aliphatic carbocycles. The van der Waals surface area contributed by atoms with Crippen LogP contribution in [0.2, 0.25) is 0 Å². The summed E-state index contributed by atoms with van der Waals surface area (Å²) in [5, 5.41) is 56.8. The molecule has 0 bridgehead atoms. The minimum absolute atomic E-state index is 0.276. The van der Waals surface area contributed by atoms with Crippen molar-refractivity contribution < 1.29 is 74.6 Å². The number of aromatic nitrogens is 6. The van der Waals surface area contributed by atoms with Crippen molar-refractivity contribution in [1.82, 2.24) is 35.6 Å². The second-order valence-electron chi connectivity index (χ2n) is 30.1. The molecule has 16 aromatic rings. The summed E-state index contributed by atoms with van der Waals surface area (Å²) in [7, 11) is 3.21. The molecular formula is C98H92BrF4N15O12. The first-order valence-electron chi connectivity index (χ1n) is 41.0.